The highest BCUT2D eigenvalue weighted by molar-refractivity contribution is 6.01. The molecule has 1 unspecified atom stereocenters. The van der Waals surface area contributed by atoms with E-state index in [0.717, 1.165) is 11.1 Å². The van der Waals surface area contributed by atoms with Crippen LogP contribution in [0, 0.1) is 0 Å². The number of rotatable bonds is 9. The Labute approximate surface area is 240 Å². The van der Waals surface area contributed by atoms with Gasteiger partial charge in [0.2, 0.25) is 0 Å². The highest BCUT2D eigenvalue weighted by Crippen LogP contribution is 2.39. The van der Waals surface area contributed by atoms with Gasteiger partial charge in [-0.15, -0.1) is 0 Å². The highest BCUT2D eigenvalue weighted by Gasteiger charge is 2.44. The van der Waals surface area contributed by atoms with Gasteiger partial charge in [-0.1, -0.05) is 54.6 Å². The number of fused-ring (bicyclic) bond motifs is 1. The summed E-state index contributed by atoms with van der Waals surface area (Å²) in [6.45, 7) is 2.97. The lowest BCUT2D eigenvalue weighted by Gasteiger charge is -2.21. The van der Waals surface area contributed by atoms with Crippen LogP contribution in [0.4, 0.5) is 19.0 Å². The third-order valence-corrected chi connectivity index (χ3v) is 7.03. The van der Waals surface area contributed by atoms with Crippen LogP contribution in [0.15, 0.2) is 78.9 Å². The number of alkyl halides is 3. The predicted octanol–water partition coefficient (Wildman–Crippen LogP) is 5.78. The lowest BCUT2D eigenvalue weighted by Crippen LogP contribution is -2.31. The monoisotopic (exact) mass is 578 g/mol. The zero-order valence-corrected chi connectivity index (χ0v) is 23.0. The van der Waals surface area contributed by atoms with Gasteiger partial charge < -0.3 is 19.7 Å². The molecule has 5 rings (SSSR count). The number of nitrogens with one attached hydrogen (secondary N) is 1. The number of nitrogens with zero attached hydrogens (tertiary/aromatic N) is 3. The number of esters is 1. The average molecular weight is 579 g/mol. The second kappa shape index (κ2) is 12.0. The number of hydrogen-bond donors (Lipinski definition) is 1. The number of carbonyl (C=O) groups excluding carboxylic acids is 2. The Bertz CT molecular complexity index is 1550. The summed E-state index contributed by atoms with van der Waals surface area (Å²) in [5, 5.41) is 6.45. The maximum Gasteiger partial charge on any atom is 0.436 e. The molecular formula is C31H29F3N4O4. The molecule has 42 heavy (non-hydrogen) atoms. The molecule has 0 saturated carbocycles. The first-order chi connectivity index (χ1) is 20.1. The summed E-state index contributed by atoms with van der Waals surface area (Å²) >= 11 is 0. The van der Waals surface area contributed by atoms with Crippen molar-refractivity contribution in [2.24, 2.45) is 0 Å². The quantitative estimate of drug-likeness (QED) is 0.254. The molecule has 0 fully saturated rings. The van der Waals surface area contributed by atoms with Crippen LogP contribution >= 0.6 is 0 Å². The van der Waals surface area contributed by atoms with Crippen molar-refractivity contribution in [3.63, 3.8) is 0 Å². The lowest BCUT2D eigenvalue weighted by molar-refractivity contribution is -0.141. The Balaban J connectivity index is 1.33. The number of aromatic nitrogens is 2. The van der Waals surface area contributed by atoms with Gasteiger partial charge in [0.05, 0.1) is 25.3 Å². The van der Waals surface area contributed by atoms with Crippen LogP contribution in [-0.2, 0) is 30.6 Å². The van der Waals surface area contributed by atoms with Gasteiger partial charge in [0.1, 0.15) is 23.7 Å². The van der Waals surface area contributed by atoms with Crippen LogP contribution in [0.25, 0.3) is 0 Å². The molecule has 0 aliphatic carbocycles. The predicted molar refractivity (Wildman–Crippen MR) is 149 cm³/mol. The van der Waals surface area contributed by atoms with Gasteiger partial charge in [0, 0.05) is 13.1 Å². The van der Waals surface area contributed by atoms with Gasteiger partial charge in [0.25, 0.3) is 5.91 Å². The summed E-state index contributed by atoms with van der Waals surface area (Å²) in [6, 6.07) is 22.7. The number of ether oxygens (including phenoxy) is 2. The molecule has 8 nitrogen and oxygen atoms in total. The SMILES string of the molecule is COC(=O)c1ccc(C(C)NC(=O)c2c(C(F)(F)F)nn3c2N(Cc2ccc(OCc4ccccc4)cc2)CC3)cc1. The van der Waals surface area contributed by atoms with E-state index in [1.165, 1.54) is 23.9 Å². The fourth-order valence-corrected chi connectivity index (χ4v) is 4.84. The van der Waals surface area contributed by atoms with Crippen LogP contribution in [0.3, 0.4) is 0 Å². The molecule has 0 bridgehead atoms. The molecule has 2 heterocycles. The van der Waals surface area contributed by atoms with Gasteiger partial charge in [0.15, 0.2) is 5.69 Å². The summed E-state index contributed by atoms with van der Waals surface area (Å²) in [7, 11) is 1.27. The maximum absolute atomic E-state index is 14.0. The van der Waals surface area contributed by atoms with Crippen molar-refractivity contribution in [2.75, 3.05) is 18.6 Å². The van der Waals surface area contributed by atoms with Gasteiger partial charge in [-0.3, -0.25) is 4.79 Å². The number of methoxy groups -OCH3 is 1. The normalized spacial score (nSPS) is 13.4. The third kappa shape index (κ3) is 6.24. The van der Waals surface area contributed by atoms with Gasteiger partial charge in [-0.25, -0.2) is 9.48 Å². The van der Waals surface area contributed by atoms with Crippen molar-refractivity contribution < 1.29 is 32.2 Å². The van der Waals surface area contributed by atoms with Crippen molar-refractivity contribution in [1.82, 2.24) is 15.1 Å². The first kappa shape index (κ1) is 28.7. The molecule has 1 amide bonds. The molecule has 218 valence electrons. The summed E-state index contributed by atoms with van der Waals surface area (Å²) in [4.78, 5) is 26.8. The zero-order valence-electron chi connectivity index (χ0n) is 23.0. The van der Waals surface area contributed by atoms with Crippen LogP contribution in [-0.4, -0.2) is 35.3 Å². The van der Waals surface area contributed by atoms with E-state index in [4.69, 9.17) is 4.74 Å². The minimum absolute atomic E-state index is 0.123. The number of amides is 1. The Kier molecular flexibility index (Phi) is 8.19. The zero-order chi connectivity index (χ0) is 29.9. The first-order valence-corrected chi connectivity index (χ1v) is 13.3. The van der Waals surface area contributed by atoms with E-state index >= 15 is 0 Å². The van der Waals surface area contributed by atoms with E-state index in [2.05, 4.69) is 15.2 Å². The fraction of sp³-hybridized carbons (Fsp3) is 0.258. The largest absolute Gasteiger partial charge is 0.489 e. The first-order valence-electron chi connectivity index (χ1n) is 13.3. The van der Waals surface area contributed by atoms with Crippen molar-refractivity contribution in [2.45, 2.75) is 38.8 Å². The Morgan fingerprint density at radius 3 is 2.29 bits per heavy atom. The van der Waals surface area contributed by atoms with Crippen molar-refractivity contribution in [3.8, 4) is 5.75 Å². The molecule has 3 aromatic carbocycles. The molecule has 1 aromatic heterocycles. The van der Waals surface area contributed by atoms with Crippen molar-refractivity contribution in [1.29, 1.82) is 0 Å². The Morgan fingerprint density at radius 1 is 0.952 bits per heavy atom. The summed E-state index contributed by atoms with van der Waals surface area (Å²) in [6.07, 6.45) is -4.82. The molecule has 0 radical (unpaired) electrons. The molecule has 1 N–H and O–H groups in total. The van der Waals surface area contributed by atoms with Crippen LogP contribution in [0.1, 0.15) is 56.1 Å². The molecule has 1 aliphatic rings. The number of halogens is 3. The van der Waals surface area contributed by atoms with E-state index in [1.807, 2.05) is 54.6 Å². The van der Waals surface area contributed by atoms with Crippen LogP contribution in [0.2, 0.25) is 0 Å². The molecule has 0 spiro atoms. The third-order valence-electron chi connectivity index (χ3n) is 7.03. The molecule has 11 heteroatoms. The van der Waals surface area contributed by atoms with Crippen molar-refractivity contribution in [3.05, 3.63) is 112 Å². The van der Waals surface area contributed by atoms with E-state index in [9.17, 15) is 22.8 Å². The Hall–Kier alpha value is -4.80. The lowest BCUT2D eigenvalue weighted by atomic mass is 10.1. The average Bonchev–Trinajstić information content (AvgIpc) is 3.57. The minimum Gasteiger partial charge on any atom is -0.489 e. The summed E-state index contributed by atoms with van der Waals surface area (Å²) in [5.74, 6) is -0.609. The fourth-order valence-electron chi connectivity index (χ4n) is 4.84. The standard InChI is InChI=1S/C31H29F3N4O4/c1-20(23-10-12-24(13-11-23)30(40)41-2)35-28(39)26-27(31(32,33)34)36-38-17-16-37(29(26)38)18-21-8-14-25(15-9-21)42-19-22-6-4-3-5-7-22/h3-15,20H,16-19H2,1-2H3,(H,35,39). The topological polar surface area (TPSA) is 85.7 Å². The van der Waals surface area contributed by atoms with E-state index < -0.39 is 35.4 Å². The van der Waals surface area contributed by atoms with Crippen molar-refractivity contribution >= 4 is 17.7 Å². The van der Waals surface area contributed by atoms with E-state index in [0.29, 0.717) is 30.0 Å². The molecule has 1 aliphatic heterocycles. The Morgan fingerprint density at radius 2 is 1.64 bits per heavy atom. The van der Waals surface area contributed by atoms with E-state index in [-0.39, 0.29) is 18.9 Å². The van der Waals surface area contributed by atoms with Gasteiger partial charge >= 0.3 is 12.1 Å². The second-order valence-electron chi connectivity index (χ2n) is 9.92. The van der Waals surface area contributed by atoms with Gasteiger partial charge in [-0.05, 0) is 47.9 Å². The summed E-state index contributed by atoms with van der Waals surface area (Å²) < 4.78 is 53.9. The summed E-state index contributed by atoms with van der Waals surface area (Å²) in [5.41, 5.74) is 1.07. The van der Waals surface area contributed by atoms with Gasteiger partial charge in [-0.2, -0.15) is 18.3 Å². The maximum atomic E-state index is 14.0. The highest BCUT2D eigenvalue weighted by atomic mass is 19.4. The number of carbonyl (C=O) groups is 2. The molecule has 4 aromatic rings. The minimum atomic E-state index is -4.82. The molecule has 1 atom stereocenters. The van der Waals surface area contributed by atoms with Crippen LogP contribution < -0.4 is 15.0 Å². The smallest absolute Gasteiger partial charge is 0.436 e. The molecule has 0 saturated heterocycles. The molecular weight excluding hydrogens is 549 g/mol. The van der Waals surface area contributed by atoms with Crippen LogP contribution in [0.5, 0.6) is 5.75 Å². The second-order valence-corrected chi connectivity index (χ2v) is 9.92. The number of benzene rings is 3. The van der Waals surface area contributed by atoms with E-state index in [1.54, 1.807) is 24.0 Å². The number of anilines is 1. The number of hydrogen-bond acceptors (Lipinski definition) is 6.